The molecule has 3 aromatic carbocycles. The highest BCUT2D eigenvalue weighted by molar-refractivity contribution is 7.07. The maximum absolute atomic E-state index is 11.5. The van der Waals surface area contributed by atoms with Crippen LogP contribution in [0.1, 0.15) is 30.5 Å². The summed E-state index contributed by atoms with van der Waals surface area (Å²) in [6.07, 6.45) is 0. The number of nitrogens with zero attached hydrogens (tertiary/aromatic N) is 4. The summed E-state index contributed by atoms with van der Waals surface area (Å²) >= 11 is 1.41. The van der Waals surface area contributed by atoms with Gasteiger partial charge < -0.3 is 5.32 Å². The number of carbonyl (C=O) groups is 1. The second-order valence-electron chi connectivity index (χ2n) is 8.32. The van der Waals surface area contributed by atoms with Gasteiger partial charge in [-0.3, -0.25) is 14.9 Å². The number of amides is 1. The van der Waals surface area contributed by atoms with E-state index in [4.69, 9.17) is 10.1 Å². The molecule has 0 aliphatic heterocycles. The van der Waals surface area contributed by atoms with E-state index < -0.39 is 4.92 Å². The predicted molar refractivity (Wildman–Crippen MR) is 144 cm³/mol. The van der Waals surface area contributed by atoms with Crippen molar-refractivity contribution in [3.05, 3.63) is 104 Å². The first-order valence-electron chi connectivity index (χ1n) is 11.2. The predicted octanol–water partition coefficient (Wildman–Crippen LogP) is 6.20. The van der Waals surface area contributed by atoms with E-state index in [0.717, 1.165) is 22.4 Å². The molecule has 4 rings (SSSR count). The van der Waals surface area contributed by atoms with E-state index in [-0.39, 0.29) is 11.6 Å². The van der Waals surface area contributed by atoms with Crippen LogP contribution in [0.25, 0.3) is 11.3 Å². The Morgan fingerprint density at radius 3 is 2.39 bits per heavy atom. The molecule has 0 bridgehead atoms. The minimum Gasteiger partial charge on any atom is -0.326 e. The van der Waals surface area contributed by atoms with Crippen LogP contribution in [0, 0.1) is 24.0 Å². The number of nitro benzene ring substituents is 1. The van der Waals surface area contributed by atoms with Crippen molar-refractivity contribution in [1.29, 1.82) is 0 Å². The van der Waals surface area contributed by atoms with Crippen LogP contribution in [-0.4, -0.2) is 21.2 Å². The van der Waals surface area contributed by atoms with Gasteiger partial charge in [0.05, 0.1) is 22.0 Å². The Balaban J connectivity index is 1.92. The molecule has 8 nitrogen and oxygen atoms in total. The van der Waals surface area contributed by atoms with Crippen LogP contribution >= 0.6 is 11.3 Å². The maximum Gasteiger partial charge on any atom is 0.270 e. The smallest absolute Gasteiger partial charge is 0.270 e. The molecule has 0 fully saturated rings. The Morgan fingerprint density at radius 2 is 1.69 bits per heavy atom. The molecule has 182 valence electrons. The Kier molecular flexibility index (Phi) is 7.21. The normalized spacial score (nSPS) is 12.0. The fraction of sp³-hybridized carbons (Fsp3) is 0.148. The van der Waals surface area contributed by atoms with Crippen molar-refractivity contribution in [2.75, 3.05) is 5.32 Å². The van der Waals surface area contributed by atoms with E-state index in [1.807, 2.05) is 74.7 Å². The van der Waals surface area contributed by atoms with Gasteiger partial charge in [-0.1, -0.05) is 42.5 Å². The van der Waals surface area contributed by atoms with Gasteiger partial charge in [0, 0.05) is 35.7 Å². The number of para-hydroxylation sites is 1. The number of thiazole rings is 1. The number of aryl methyl sites for hydroxylation is 2. The molecule has 0 saturated carbocycles. The fourth-order valence-electron chi connectivity index (χ4n) is 3.76. The summed E-state index contributed by atoms with van der Waals surface area (Å²) in [4.78, 5) is 28.0. The van der Waals surface area contributed by atoms with Gasteiger partial charge in [0.15, 0.2) is 0 Å². The van der Waals surface area contributed by atoms with Crippen LogP contribution in [0.3, 0.4) is 0 Å². The molecule has 0 unspecified atom stereocenters. The number of hydrogen-bond acceptors (Lipinski definition) is 6. The van der Waals surface area contributed by atoms with Crippen LogP contribution in [0.15, 0.2) is 82.2 Å². The highest BCUT2D eigenvalue weighted by atomic mass is 32.1. The minimum absolute atomic E-state index is 0.00203. The Bertz CT molecular complexity index is 1550. The molecule has 0 spiro atoms. The topological polar surface area (TPSA) is 102 Å². The summed E-state index contributed by atoms with van der Waals surface area (Å²) in [6, 6.07) is 19.9. The molecule has 0 atom stereocenters. The van der Waals surface area contributed by atoms with Crippen LogP contribution in [0.2, 0.25) is 0 Å². The third-order valence-corrected chi connectivity index (χ3v) is 6.35. The van der Waals surface area contributed by atoms with Gasteiger partial charge in [-0.05, 0) is 49.6 Å². The highest BCUT2D eigenvalue weighted by Gasteiger charge is 2.14. The van der Waals surface area contributed by atoms with E-state index in [1.165, 1.54) is 30.4 Å². The maximum atomic E-state index is 11.5. The van der Waals surface area contributed by atoms with E-state index >= 15 is 0 Å². The van der Waals surface area contributed by atoms with E-state index in [2.05, 4.69) is 5.32 Å². The van der Waals surface area contributed by atoms with E-state index in [9.17, 15) is 14.9 Å². The fourth-order valence-corrected chi connectivity index (χ4v) is 4.60. The number of aromatic nitrogens is 1. The number of non-ortho nitro benzene ring substituents is 1. The minimum atomic E-state index is -0.412. The molecular formula is C27H25N5O3S. The van der Waals surface area contributed by atoms with Gasteiger partial charge >= 0.3 is 0 Å². The van der Waals surface area contributed by atoms with Crippen LogP contribution < -0.4 is 10.1 Å². The van der Waals surface area contributed by atoms with Crippen molar-refractivity contribution < 1.29 is 9.72 Å². The number of rotatable bonds is 6. The Labute approximate surface area is 212 Å². The number of carbonyl (C=O) groups excluding carboxylic acids is 1. The van der Waals surface area contributed by atoms with Gasteiger partial charge in [0.25, 0.3) is 5.69 Å². The molecule has 1 heterocycles. The van der Waals surface area contributed by atoms with Crippen LogP contribution in [-0.2, 0) is 4.79 Å². The number of nitro groups is 1. The second-order valence-corrected chi connectivity index (χ2v) is 9.16. The van der Waals surface area contributed by atoms with Crippen molar-refractivity contribution in [1.82, 2.24) is 4.68 Å². The van der Waals surface area contributed by atoms with Crippen molar-refractivity contribution in [2.45, 2.75) is 27.7 Å². The monoisotopic (exact) mass is 499 g/mol. The zero-order valence-electron chi connectivity index (χ0n) is 20.4. The summed E-state index contributed by atoms with van der Waals surface area (Å²) in [6.45, 7) is 7.35. The van der Waals surface area contributed by atoms with Gasteiger partial charge in [0.2, 0.25) is 10.7 Å². The number of benzene rings is 3. The molecule has 0 radical (unpaired) electrons. The van der Waals surface area contributed by atoms with Crippen molar-refractivity contribution in [3.63, 3.8) is 0 Å². The molecule has 0 saturated heterocycles. The van der Waals surface area contributed by atoms with E-state index in [0.29, 0.717) is 27.5 Å². The summed E-state index contributed by atoms with van der Waals surface area (Å²) in [5.74, 6) is -0.156. The lowest BCUT2D eigenvalue weighted by Gasteiger charge is -2.09. The third-order valence-electron chi connectivity index (χ3n) is 5.54. The standard InChI is InChI=1S/C27H25N5O3S/c1-17-8-5-9-18(2)26(17)29-27-31(25(16-36-27)22-11-7-13-24(15-22)32(34)35)30-19(3)21-10-6-12-23(14-21)28-20(4)33/h5-16H,1-4H3,(H,28,33). The average molecular weight is 500 g/mol. The lowest BCUT2D eigenvalue weighted by Crippen LogP contribution is -2.14. The summed E-state index contributed by atoms with van der Waals surface area (Å²) in [5, 5.41) is 21.0. The quantitative estimate of drug-likeness (QED) is 0.194. The molecule has 1 amide bonds. The molecule has 9 heteroatoms. The van der Waals surface area contributed by atoms with Crippen LogP contribution in [0.5, 0.6) is 0 Å². The number of hydrogen-bond donors (Lipinski definition) is 1. The summed E-state index contributed by atoms with van der Waals surface area (Å²) in [7, 11) is 0. The largest absolute Gasteiger partial charge is 0.326 e. The summed E-state index contributed by atoms with van der Waals surface area (Å²) < 4.78 is 1.72. The number of nitrogens with one attached hydrogen (secondary N) is 1. The molecule has 0 aliphatic rings. The summed E-state index contributed by atoms with van der Waals surface area (Å²) in [5.41, 5.74) is 6.47. The Hall–Kier alpha value is -4.37. The Morgan fingerprint density at radius 1 is 1.00 bits per heavy atom. The van der Waals surface area contributed by atoms with E-state index in [1.54, 1.807) is 10.7 Å². The van der Waals surface area contributed by atoms with Crippen molar-refractivity contribution in [2.24, 2.45) is 10.1 Å². The molecule has 1 N–H and O–H groups in total. The highest BCUT2D eigenvalue weighted by Crippen LogP contribution is 2.27. The number of anilines is 1. The average Bonchev–Trinajstić information content (AvgIpc) is 3.23. The first-order chi connectivity index (χ1) is 17.2. The molecule has 4 aromatic rings. The van der Waals surface area contributed by atoms with Crippen molar-refractivity contribution >= 4 is 40.0 Å². The van der Waals surface area contributed by atoms with Crippen LogP contribution in [0.4, 0.5) is 17.1 Å². The van der Waals surface area contributed by atoms with Gasteiger partial charge in [-0.2, -0.15) is 5.10 Å². The third kappa shape index (κ3) is 5.47. The van der Waals surface area contributed by atoms with Gasteiger partial charge in [-0.15, -0.1) is 11.3 Å². The van der Waals surface area contributed by atoms with Gasteiger partial charge in [-0.25, -0.2) is 9.67 Å². The SMILES string of the molecule is CC(=O)Nc1cccc(C(C)=Nn2c(-c3cccc([N+](=O)[O-])c3)csc2=Nc2c(C)cccc2C)c1. The molecule has 0 aliphatic carbocycles. The lowest BCUT2D eigenvalue weighted by atomic mass is 10.1. The lowest BCUT2D eigenvalue weighted by molar-refractivity contribution is -0.384. The van der Waals surface area contributed by atoms with Gasteiger partial charge in [0.1, 0.15) is 0 Å². The first kappa shape index (κ1) is 24.7. The zero-order valence-corrected chi connectivity index (χ0v) is 21.2. The first-order valence-corrected chi connectivity index (χ1v) is 12.1. The molecule has 36 heavy (non-hydrogen) atoms. The second kappa shape index (κ2) is 10.5. The molecule has 1 aromatic heterocycles. The molecular weight excluding hydrogens is 474 g/mol. The zero-order chi connectivity index (χ0) is 25.8. The van der Waals surface area contributed by atoms with Crippen molar-refractivity contribution in [3.8, 4) is 11.3 Å².